The average molecular weight is 237 g/mol. The molecule has 84 valence electrons. The van der Waals surface area contributed by atoms with Crippen LogP contribution >= 0.6 is 11.6 Å². The van der Waals surface area contributed by atoms with E-state index in [-0.39, 0.29) is 0 Å². The molecule has 0 saturated carbocycles. The summed E-state index contributed by atoms with van der Waals surface area (Å²) in [5, 5.41) is 0. The lowest BCUT2D eigenvalue weighted by atomic mass is 10.2. The smallest absolute Gasteiger partial charge is 0.125 e. The number of imidazole rings is 1. The predicted molar refractivity (Wildman–Crippen MR) is 63.8 cm³/mol. The number of rotatable bonds is 2. The monoisotopic (exact) mass is 236 g/mol. The number of hydrogen-bond donors (Lipinski definition) is 0. The Bertz CT molecular complexity index is 503. The van der Waals surface area contributed by atoms with Crippen LogP contribution in [0.15, 0.2) is 24.3 Å². The molecule has 0 bridgehead atoms. The number of fused-ring (bicyclic) bond motifs is 1. The Morgan fingerprint density at radius 1 is 1.44 bits per heavy atom. The van der Waals surface area contributed by atoms with Crippen LogP contribution in [0.25, 0.3) is 11.0 Å². The third-order valence-electron chi connectivity index (χ3n) is 3.06. The molecule has 3 nitrogen and oxygen atoms in total. The molecule has 1 aromatic heterocycles. The molecule has 1 fully saturated rings. The van der Waals surface area contributed by atoms with Crippen molar-refractivity contribution in [2.75, 3.05) is 13.2 Å². The lowest BCUT2D eigenvalue weighted by molar-refractivity contribution is 0.187. The van der Waals surface area contributed by atoms with Crippen LogP contribution < -0.4 is 0 Å². The minimum atomic E-state index is 0.390. The van der Waals surface area contributed by atoms with E-state index in [1.807, 2.05) is 18.2 Å². The molecule has 3 rings (SSSR count). The first-order valence-electron chi connectivity index (χ1n) is 5.49. The van der Waals surface area contributed by atoms with E-state index in [0.717, 1.165) is 36.5 Å². The van der Waals surface area contributed by atoms with Crippen LogP contribution in [0.1, 0.15) is 18.3 Å². The minimum absolute atomic E-state index is 0.390. The molecule has 0 spiro atoms. The molecule has 1 aromatic carbocycles. The van der Waals surface area contributed by atoms with Gasteiger partial charge in [0.2, 0.25) is 0 Å². The van der Waals surface area contributed by atoms with Crippen molar-refractivity contribution < 1.29 is 4.74 Å². The molecular weight excluding hydrogens is 224 g/mol. The highest BCUT2D eigenvalue weighted by atomic mass is 35.5. The van der Waals surface area contributed by atoms with Gasteiger partial charge in [-0.15, -0.1) is 11.6 Å². The van der Waals surface area contributed by atoms with Crippen molar-refractivity contribution in [1.29, 1.82) is 0 Å². The first-order chi connectivity index (χ1) is 7.90. The second-order valence-corrected chi connectivity index (χ2v) is 4.31. The van der Waals surface area contributed by atoms with Gasteiger partial charge in [-0.05, 0) is 18.6 Å². The van der Waals surface area contributed by atoms with Crippen molar-refractivity contribution in [1.82, 2.24) is 9.55 Å². The van der Waals surface area contributed by atoms with Gasteiger partial charge in [0.15, 0.2) is 0 Å². The summed E-state index contributed by atoms with van der Waals surface area (Å²) >= 11 is 5.96. The first-order valence-corrected chi connectivity index (χ1v) is 6.03. The van der Waals surface area contributed by atoms with E-state index in [2.05, 4.69) is 15.6 Å². The quantitative estimate of drug-likeness (QED) is 0.750. The summed E-state index contributed by atoms with van der Waals surface area (Å²) in [5.74, 6) is 1.39. The highest BCUT2D eigenvalue weighted by Crippen LogP contribution is 2.27. The van der Waals surface area contributed by atoms with E-state index in [1.165, 1.54) is 0 Å². The highest BCUT2D eigenvalue weighted by Gasteiger charge is 2.22. The minimum Gasteiger partial charge on any atom is -0.379 e. The van der Waals surface area contributed by atoms with Crippen LogP contribution in [0.3, 0.4) is 0 Å². The zero-order chi connectivity index (χ0) is 11.0. The van der Waals surface area contributed by atoms with Crippen molar-refractivity contribution in [3.05, 3.63) is 30.1 Å². The maximum atomic E-state index is 5.96. The fourth-order valence-electron chi connectivity index (χ4n) is 2.32. The topological polar surface area (TPSA) is 27.1 Å². The van der Waals surface area contributed by atoms with E-state index in [9.17, 15) is 0 Å². The number of ether oxygens (including phenoxy) is 1. The molecule has 0 radical (unpaired) electrons. The van der Waals surface area contributed by atoms with Gasteiger partial charge < -0.3 is 9.30 Å². The van der Waals surface area contributed by atoms with E-state index < -0.39 is 0 Å². The summed E-state index contributed by atoms with van der Waals surface area (Å²) in [6.07, 6.45) is 1.05. The molecule has 1 aliphatic heterocycles. The van der Waals surface area contributed by atoms with Gasteiger partial charge in [-0.3, -0.25) is 0 Å². The molecular formula is C12H13ClN2O. The van der Waals surface area contributed by atoms with E-state index >= 15 is 0 Å². The van der Waals surface area contributed by atoms with E-state index in [1.54, 1.807) is 0 Å². The fourth-order valence-corrected chi connectivity index (χ4v) is 2.51. The molecule has 0 amide bonds. The number of alkyl halides is 1. The van der Waals surface area contributed by atoms with Crippen molar-refractivity contribution in [2.24, 2.45) is 0 Å². The lowest BCUT2D eigenvalue weighted by Gasteiger charge is -2.13. The Morgan fingerprint density at radius 3 is 3.06 bits per heavy atom. The zero-order valence-corrected chi connectivity index (χ0v) is 9.65. The molecule has 2 aromatic rings. The second-order valence-electron chi connectivity index (χ2n) is 4.04. The summed E-state index contributed by atoms with van der Waals surface area (Å²) in [5.41, 5.74) is 2.18. The lowest BCUT2D eigenvalue weighted by Crippen LogP contribution is -2.11. The van der Waals surface area contributed by atoms with E-state index in [0.29, 0.717) is 11.9 Å². The molecule has 0 aliphatic carbocycles. The van der Waals surface area contributed by atoms with Crippen LogP contribution in [0, 0.1) is 0 Å². The Balaban J connectivity index is 2.18. The van der Waals surface area contributed by atoms with Crippen molar-refractivity contribution in [2.45, 2.75) is 18.3 Å². The standard InChI is InChI=1S/C12H13ClN2O/c13-7-12-14-10-3-1-2-4-11(10)15(12)9-5-6-16-8-9/h1-4,9H,5-8H2. The van der Waals surface area contributed by atoms with Gasteiger partial charge in [0.1, 0.15) is 5.82 Å². The number of halogens is 1. The number of para-hydroxylation sites is 2. The third-order valence-corrected chi connectivity index (χ3v) is 3.30. The molecule has 2 heterocycles. The van der Waals surface area contributed by atoms with Crippen LogP contribution in [-0.4, -0.2) is 22.8 Å². The largest absolute Gasteiger partial charge is 0.379 e. The van der Waals surface area contributed by atoms with Crippen LogP contribution in [0.5, 0.6) is 0 Å². The van der Waals surface area contributed by atoms with Gasteiger partial charge in [-0.1, -0.05) is 12.1 Å². The molecule has 1 atom stereocenters. The van der Waals surface area contributed by atoms with Gasteiger partial charge >= 0.3 is 0 Å². The SMILES string of the molecule is ClCc1nc2ccccc2n1C1CCOC1. The van der Waals surface area contributed by atoms with Gasteiger partial charge in [-0.2, -0.15) is 0 Å². The summed E-state index contributed by atoms with van der Waals surface area (Å²) in [7, 11) is 0. The Morgan fingerprint density at radius 2 is 2.31 bits per heavy atom. The van der Waals surface area contributed by atoms with Gasteiger partial charge in [0.25, 0.3) is 0 Å². The molecule has 1 aliphatic rings. The fraction of sp³-hybridized carbons (Fsp3) is 0.417. The van der Waals surface area contributed by atoms with Crippen molar-refractivity contribution in [3.63, 3.8) is 0 Å². The number of benzene rings is 1. The van der Waals surface area contributed by atoms with Gasteiger partial charge in [0.05, 0.1) is 29.6 Å². The highest BCUT2D eigenvalue weighted by molar-refractivity contribution is 6.16. The average Bonchev–Trinajstić information content (AvgIpc) is 2.94. The van der Waals surface area contributed by atoms with Crippen LogP contribution in [0.4, 0.5) is 0 Å². The Hall–Kier alpha value is -1.06. The first kappa shape index (κ1) is 10.1. The van der Waals surface area contributed by atoms with Crippen molar-refractivity contribution >= 4 is 22.6 Å². The summed E-state index contributed by atoms with van der Waals surface area (Å²) in [4.78, 5) is 4.55. The van der Waals surface area contributed by atoms with E-state index in [4.69, 9.17) is 16.3 Å². The second kappa shape index (κ2) is 4.07. The number of hydrogen-bond acceptors (Lipinski definition) is 2. The van der Waals surface area contributed by atoms with Gasteiger partial charge in [0, 0.05) is 6.61 Å². The summed E-state index contributed by atoms with van der Waals surface area (Å²) in [6.45, 7) is 1.60. The molecule has 1 saturated heterocycles. The molecule has 1 unspecified atom stereocenters. The third kappa shape index (κ3) is 1.51. The molecule has 4 heteroatoms. The predicted octanol–water partition coefficient (Wildman–Crippen LogP) is 2.74. The maximum absolute atomic E-state index is 5.96. The number of aromatic nitrogens is 2. The molecule has 0 N–H and O–H groups in total. The summed E-state index contributed by atoms with van der Waals surface area (Å²) in [6, 6.07) is 8.55. The summed E-state index contributed by atoms with van der Waals surface area (Å²) < 4.78 is 7.67. The normalized spacial score (nSPS) is 20.7. The van der Waals surface area contributed by atoms with Crippen LogP contribution in [-0.2, 0) is 10.6 Å². The zero-order valence-electron chi connectivity index (χ0n) is 8.90. The Labute approximate surface area is 99.0 Å². The number of nitrogens with zero attached hydrogens (tertiary/aromatic N) is 2. The van der Waals surface area contributed by atoms with Crippen molar-refractivity contribution in [3.8, 4) is 0 Å². The maximum Gasteiger partial charge on any atom is 0.125 e. The molecule has 16 heavy (non-hydrogen) atoms. The Kier molecular flexibility index (Phi) is 2.58. The van der Waals surface area contributed by atoms with Crippen LogP contribution in [0.2, 0.25) is 0 Å². The van der Waals surface area contributed by atoms with Gasteiger partial charge in [-0.25, -0.2) is 4.98 Å².